The maximum atomic E-state index is 14.6. The summed E-state index contributed by atoms with van der Waals surface area (Å²) in [6.07, 6.45) is 2.88. The van der Waals surface area contributed by atoms with E-state index in [1.165, 1.54) is 4.80 Å². The van der Waals surface area contributed by atoms with Gasteiger partial charge in [-0.2, -0.15) is 9.78 Å². The number of rotatable bonds is 7. The number of anilines is 3. The van der Waals surface area contributed by atoms with Gasteiger partial charge >= 0.3 is 0 Å². The monoisotopic (exact) mass is 471 g/mol. The fourth-order valence-electron chi connectivity index (χ4n) is 4.59. The lowest BCUT2D eigenvalue weighted by Gasteiger charge is -2.53. The molecule has 0 bridgehead atoms. The van der Waals surface area contributed by atoms with E-state index in [1.54, 1.807) is 6.07 Å². The van der Waals surface area contributed by atoms with Crippen LogP contribution in [0.2, 0.25) is 0 Å². The van der Waals surface area contributed by atoms with Crippen LogP contribution in [0.25, 0.3) is 11.4 Å². The molecule has 34 heavy (non-hydrogen) atoms. The first-order valence-electron chi connectivity index (χ1n) is 11.3. The second-order valence-corrected chi connectivity index (χ2v) is 9.93. The van der Waals surface area contributed by atoms with Crippen molar-refractivity contribution in [3.05, 3.63) is 36.3 Å². The van der Waals surface area contributed by atoms with Crippen LogP contribution in [0.1, 0.15) is 40.5 Å². The van der Waals surface area contributed by atoms with E-state index in [2.05, 4.69) is 75.7 Å². The molecule has 1 aliphatic rings. The quantitative estimate of drug-likeness (QED) is 0.533. The standard InChI is InChI=1S/C23H31F2N9/c1-22(2)12-17(13-23(3,4)33(22)5)27-20-18(25)14-26-21(29-20)28-16-8-6-7-15(11-16)19-30-32-34(31-19)10-9-24/h6-8,11,14,17H,9-10,12-13H2,1-5H3,(H2,26,27,28,29). The molecule has 0 saturated carbocycles. The second-order valence-electron chi connectivity index (χ2n) is 9.93. The van der Waals surface area contributed by atoms with Gasteiger partial charge in [0.25, 0.3) is 0 Å². The Bertz CT molecular complexity index is 1130. The molecule has 0 amide bonds. The summed E-state index contributed by atoms with van der Waals surface area (Å²) in [5.41, 5.74) is 1.31. The van der Waals surface area contributed by atoms with Gasteiger partial charge in [-0.25, -0.2) is 13.8 Å². The van der Waals surface area contributed by atoms with Crippen molar-refractivity contribution in [1.29, 1.82) is 0 Å². The fourth-order valence-corrected chi connectivity index (χ4v) is 4.59. The SMILES string of the molecule is CN1C(C)(C)CC(Nc2nc(Nc3cccc(-c4nnn(CCF)n4)c3)ncc2F)CC1(C)C. The Morgan fingerprint density at radius 3 is 2.59 bits per heavy atom. The fraction of sp³-hybridized carbons (Fsp3) is 0.522. The topological polar surface area (TPSA) is 96.7 Å². The zero-order valence-electron chi connectivity index (χ0n) is 20.2. The summed E-state index contributed by atoms with van der Waals surface area (Å²) in [5, 5.41) is 18.4. The second kappa shape index (κ2) is 9.21. The summed E-state index contributed by atoms with van der Waals surface area (Å²) in [6, 6.07) is 7.35. The first kappa shape index (κ1) is 23.9. The Hall–Kier alpha value is -3.21. The van der Waals surface area contributed by atoms with Crippen LogP contribution in [0.4, 0.5) is 26.2 Å². The summed E-state index contributed by atoms with van der Waals surface area (Å²) in [4.78, 5) is 12.1. The number of nitrogens with one attached hydrogen (secondary N) is 2. The smallest absolute Gasteiger partial charge is 0.229 e. The van der Waals surface area contributed by atoms with Crippen molar-refractivity contribution < 1.29 is 8.78 Å². The predicted molar refractivity (Wildman–Crippen MR) is 127 cm³/mol. The Kier molecular flexibility index (Phi) is 6.48. The molecule has 1 aromatic carbocycles. The van der Waals surface area contributed by atoms with Crippen LogP contribution < -0.4 is 10.6 Å². The van der Waals surface area contributed by atoms with E-state index >= 15 is 0 Å². The molecule has 4 rings (SSSR count). The van der Waals surface area contributed by atoms with Crippen LogP contribution in [0.5, 0.6) is 0 Å². The van der Waals surface area contributed by atoms with Gasteiger partial charge in [-0.05, 0) is 64.9 Å². The lowest BCUT2D eigenvalue weighted by Crippen LogP contribution is -2.61. The Balaban J connectivity index is 1.50. The van der Waals surface area contributed by atoms with Gasteiger partial charge in [-0.3, -0.25) is 4.90 Å². The van der Waals surface area contributed by atoms with Crippen LogP contribution >= 0.6 is 0 Å². The number of piperidine rings is 1. The normalized spacial score (nSPS) is 18.1. The van der Waals surface area contributed by atoms with Crippen molar-refractivity contribution in [2.45, 2.75) is 64.2 Å². The van der Waals surface area contributed by atoms with E-state index in [9.17, 15) is 8.78 Å². The third-order valence-electron chi connectivity index (χ3n) is 6.51. The minimum absolute atomic E-state index is 0.0372. The summed E-state index contributed by atoms with van der Waals surface area (Å²) in [6.45, 7) is 8.28. The van der Waals surface area contributed by atoms with E-state index in [1.807, 2.05) is 18.2 Å². The molecule has 0 aliphatic carbocycles. The van der Waals surface area contributed by atoms with Crippen LogP contribution in [-0.4, -0.2) is 65.9 Å². The van der Waals surface area contributed by atoms with Crippen LogP contribution in [0, 0.1) is 5.82 Å². The molecule has 0 atom stereocenters. The van der Waals surface area contributed by atoms with Gasteiger partial charge in [-0.15, -0.1) is 10.2 Å². The highest BCUT2D eigenvalue weighted by atomic mass is 19.1. The van der Waals surface area contributed by atoms with Gasteiger partial charge in [0.1, 0.15) is 6.67 Å². The average Bonchev–Trinajstić information content (AvgIpc) is 3.23. The van der Waals surface area contributed by atoms with Gasteiger partial charge in [-0.1, -0.05) is 12.1 Å². The van der Waals surface area contributed by atoms with Crippen molar-refractivity contribution in [2.75, 3.05) is 24.4 Å². The first-order valence-corrected chi connectivity index (χ1v) is 11.3. The van der Waals surface area contributed by atoms with Gasteiger partial charge < -0.3 is 10.6 Å². The molecule has 182 valence electrons. The van der Waals surface area contributed by atoms with E-state index < -0.39 is 12.5 Å². The van der Waals surface area contributed by atoms with Crippen molar-refractivity contribution >= 4 is 17.5 Å². The molecule has 0 unspecified atom stereocenters. The summed E-state index contributed by atoms with van der Waals surface area (Å²) in [5.74, 6) is 0.321. The number of hydrogen-bond acceptors (Lipinski definition) is 8. The number of hydrogen-bond donors (Lipinski definition) is 2. The van der Waals surface area contributed by atoms with Gasteiger partial charge in [0.15, 0.2) is 11.6 Å². The minimum Gasteiger partial charge on any atom is -0.365 e. The summed E-state index contributed by atoms with van der Waals surface area (Å²) >= 11 is 0. The number of likely N-dealkylation sites (tertiary alicyclic amines) is 1. The van der Waals surface area contributed by atoms with Crippen molar-refractivity contribution in [1.82, 2.24) is 35.1 Å². The zero-order chi connectivity index (χ0) is 24.5. The molecule has 3 heterocycles. The molecule has 1 saturated heterocycles. The molecule has 0 spiro atoms. The Labute approximate surface area is 198 Å². The van der Waals surface area contributed by atoms with Crippen LogP contribution in [0.15, 0.2) is 30.5 Å². The van der Waals surface area contributed by atoms with Crippen molar-refractivity contribution in [3.63, 3.8) is 0 Å². The Morgan fingerprint density at radius 2 is 1.88 bits per heavy atom. The maximum absolute atomic E-state index is 14.6. The third kappa shape index (κ3) is 5.14. The molecule has 2 aromatic heterocycles. The highest BCUT2D eigenvalue weighted by Gasteiger charge is 2.43. The Morgan fingerprint density at radius 1 is 1.15 bits per heavy atom. The van der Waals surface area contributed by atoms with Crippen LogP contribution in [0.3, 0.4) is 0 Å². The summed E-state index contributed by atoms with van der Waals surface area (Å²) in [7, 11) is 2.13. The lowest BCUT2D eigenvalue weighted by atomic mass is 9.77. The van der Waals surface area contributed by atoms with Crippen molar-refractivity contribution in [2.24, 2.45) is 0 Å². The van der Waals surface area contributed by atoms with E-state index in [0.717, 1.165) is 19.0 Å². The molecule has 1 aliphatic heterocycles. The number of tetrazole rings is 1. The third-order valence-corrected chi connectivity index (χ3v) is 6.51. The number of benzene rings is 1. The largest absolute Gasteiger partial charge is 0.365 e. The number of nitrogens with zero attached hydrogens (tertiary/aromatic N) is 7. The molecule has 9 nitrogen and oxygen atoms in total. The highest BCUT2D eigenvalue weighted by molar-refractivity contribution is 5.65. The molecule has 11 heteroatoms. The molecular formula is C23H31F2N9. The molecule has 0 radical (unpaired) electrons. The summed E-state index contributed by atoms with van der Waals surface area (Å²) < 4.78 is 27.1. The van der Waals surface area contributed by atoms with E-state index in [-0.39, 0.29) is 35.4 Å². The maximum Gasteiger partial charge on any atom is 0.229 e. The van der Waals surface area contributed by atoms with Crippen LogP contribution in [-0.2, 0) is 6.54 Å². The lowest BCUT2D eigenvalue weighted by molar-refractivity contribution is -0.00778. The minimum atomic E-state index is -0.567. The van der Waals surface area contributed by atoms with Gasteiger partial charge in [0, 0.05) is 28.4 Å². The van der Waals surface area contributed by atoms with E-state index in [0.29, 0.717) is 17.1 Å². The highest BCUT2D eigenvalue weighted by Crippen LogP contribution is 2.38. The van der Waals surface area contributed by atoms with E-state index in [4.69, 9.17) is 0 Å². The molecular weight excluding hydrogens is 440 g/mol. The van der Waals surface area contributed by atoms with Gasteiger partial charge in [0.05, 0.1) is 12.7 Å². The molecule has 1 fully saturated rings. The molecule has 2 N–H and O–H groups in total. The average molecular weight is 472 g/mol. The number of alkyl halides is 1. The number of halogens is 2. The predicted octanol–water partition coefficient (Wildman–Crippen LogP) is 4.05. The zero-order valence-corrected chi connectivity index (χ0v) is 20.2. The first-order chi connectivity index (χ1) is 16.1. The number of aromatic nitrogens is 6. The molecule has 3 aromatic rings. The number of aryl methyl sites for hydroxylation is 1. The van der Waals surface area contributed by atoms with Gasteiger partial charge in [0.2, 0.25) is 11.8 Å². The van der Waals surface area contributed by atoms with Crippen molar-refractivity contribution in [3.8, 4) is 11.4 Å².